The van der Waals surface area contributed by atoms with Gasteiger partial charge in [-0.3, -0.25) is 0 Å². The van der Waals surface area contributed by atoms with Crippen molar-refractivity contribution in [1.82, 2.24) is 10.6 Å². The highest BCUT2D eigenvalue weighted by molar-refractivity contribution is 5.24. The molecule has 0 rings (SSSR count). The SMILES string of the molecule is C=C/C=C(C)\C=C(/C)CNCC(O)CNC. The number of hydrogen-bond acceptors (Lipinski definition) is 3. The van der Waals surface area contributed by atoms with Crippen LogP contribution in [0.1, 0.15) is 13.8 Å². The molecule has 0 bridgehead atoms. The number of nitrogens with one attached hydrogen (secondary N) is 2. The minimum Gasteiger partial charge on any atom is -0.390 e. The molecule has 0 spiro atoms. The Hall–Kier alpha value is -0.900. The van der Waals surface area contributed by atoms with Gasteiger partial charge < -0.3 is 15.7 Å². The van der Waals surface area contributed by atoms with Gasteiger partial charge in [0.2, 0.25) is 0 Å². The molecule has 0 radical (unpaired) electrons. The molecule has 0 heterocycles. The second-order valence-corrected chi connectivity index (χ2v) is 3.98. The van der Waals surface area contributed by atoms with Gasteiger partial charge in [0.15, 0.2) is 0 Å². The molecular formula is C13H24N2O. The first kappa shape index (κ1) is 15.1. The van der Waals surface area contributed by atoms with E-state index in [4.69, 9.17) is 0 Å². The molecule has 0 aromatic rings. The molecule has 3 heteroatoms. The molecule has 0 amide bonds. The second kappa shape index (κ2) is 9.33. The van der Waals surface area contributed by atoms with Crippen LogP contribution in [0.3, 0.4) is 0 Å². The lowest BCUT2D eigenvalue weighted by Crippen LogP contribution is -2.34. The van der Waals surface area contributed by atoms with Crippen LogP contribution in [0.2, 0.25) is 0 Å². The van der Waals surface area contributed by atoms with Crippen molar-refractivity contribution in [1.29, 1.82) is 0 Å². The Kier molecular flexibility index (Phi) is 8.81. The first-order valence-electron chi connectivity index (χ1n) is 5.60. The van der Waals surface area contributed by atoms with Crippen molar-refractivity contribution >= 4 is 0 Å². The Morgan fingerprint density at radius 1 is 1.38 bits per heavy atom. The number of hydrogen-bond donors (Lipinski definition) is 3. The molecule has 0 saturated heterocycles. The van der Waals surface area contributed by atoms with E-state index in [1.165, 1.54) is 11.1 Å². The maximum absolute atomic E-state index is 9.46. The van der Waals surface area contributed by atoms with E-state index in [2.05, 4.69) is 30.2 Å². The fourth-order valence-corrected chi connectivity index (χ4v) is 1.42. The number of likely N-dealkylation sites (N-methyl/N-ethyl adjacent to an activating group) is 1. The fraction of sp³-hybridized carbons (Fsp3) is 0.538. The summed E-state index contributed by atoms with van der Waals surface area (Å²) in [6.07, 6.45) is 5.53. The van der Waals surface area contributed by atoms with Crippen molar-refractivity contribution in [3.8, 4) is 0 Å². The van der Waals surface area contributed by atoms with Gasteiger partial charge in [-0.05, 0) is 20.9 Å². The predicted molar refractivity (Wildman–Crippen MR) is 70.5 cm³/mol. The molecule has 0 aliphatic heterocycles. The highest BCUT2D eigenvalue weighted by Crippen LogP contribution is 2.00. The first-order valence-corrected chi connectivity index (χ1v) is 5.60. The van der Waals surface area contributed by atoms with Crippen molar-refractivity contribution in [3.05, 3.63) is 36.0 Å². The molecule has 0 saturated carbocycles. The van der Waals surface area contributed by atoms with Crippen LogP contribution >= 0.6 is 0 Å². The van der Waals surface area contributed by atoms with Gasteiger partial charge in [0.1, 0.15) is 0 Å². The molecule has 0 fully saturated rings. The summed E-state index contributed by atoms with van der Waals surface area (Å²) >= 11 is 0. The monoisotopic (exact) mass is 224 g/mol. The van der Waals surface area contributed by atoms with Gasteiger partial charge in [-0.15, -0.1) is 0 Å². The lowest BCUT2D eigenvalue weighted by molar-refractivity contribution is 0.172. The molecule has 1 atom stereocenters. The topological polar surface area (TPSA) is 44.3 Å². The van der Waals surface area contributed by atoms with E-state index in [9.17, 15) is 5.11 Å². The van der Waals surface area contributed by atoms with Crippen molar-refractivity contribution < 1.29 is 5.11 Å². The van der Waals surface area contributed by atoms with E-state index < -0.39 is 0 Å². The molecule has 0 aliphatic carbocycles. The molecular weight excluding hydrogens is 200 g/mol. The lowest BCUT2D eigenvalue weighted by Gasteiger charge is -2.11. The second-order valence-electron chi connectivity index (χ2n) is 3.98. The summed E-state index contributed by atoms with van der Waals surface area (Å²) in [5.74, 6) is 0. The van der Waals surface area contributed by atoms with E-state index >= 15 is 0 Å². The molecule has 0 aromatic carbocycles. The third-order valence-corrected chi connectivity index (χ3v) is 2.08. The Morgan fingerprint density at radius 3 is 2.62 bits per heavy atom. The molecule has 92 valence electrons. The largest absolute Gasteiger partial charge is 0.390 e. The van der Waals surface area contributed by atoms with Gasteiger partial charge in [-0.2, -0.15) is 0 Å². The van der Waals surface area contributed by atoms with Crippen LogP contribution in [0.15, 0.2) is 36.0 Å². The number of aliphatic hydroxyl groups is 1. The van der Waals surface area contributed by atoms with Crippen LogP contribution in [0.4, 0.5) is 0 Å². The quantitative estimate of drug-likeness (QED) is 0.543. The van der Waals surface area contributed by atoms with Gasteiger partial charge in [0.05, 0.1) is 6.10 Å². The van der Waals surface area contributed by atoms with E-state index in [0.29, 0.717) is 13.1 Å². The van der Waals surface area contributed by atoms with E-state index in [1.54, 1.807) is 6.08 Å². The van der Waals surface area contributed by atoms with Gasteiger partial charge in [0.25, 0.3) is 0 Å². The number of allylic oxidation sites excluding steroid dienone is 4. The zero-order valence-corrected chi connectivity index (χ0v) is 10.6. The summed E-state index contributed by atoms with van der Waals surface area (Å²) in [5.41, 5.74) is 2.43. The number of aliphatic hydroxyl groups excluding tert-OH is 1. The Morgan fingerprint density at radius 2 is 2.06 bits per heavy atom. The summed E-state index contributed by atoms with van der Waals surface area (Å²) in [7, 11) is 1.83. The molecule has 3 nitrogen and oxygen atoms in total. The Labute approximate surface area is 98.9 Å². The number of rotatable bonds is 8. The third-order valence-electron chi connectivity index (χ3n) is 2.08. The Balaban J connectivity index is 3.84. The van der Waals surface area contributed by atoms with Crippen molar-refractivity contribution in [2.75, 3.05) is 26.7 Å². The molecule has 0 aliphatic rings. The van der Waals surface area contributed by atoms with Crippen LogP contribution in [-0.2, 0) is 0 Å². The third kappa shape index (κ3) is 8.41. The zero-order valence-electron chi connectivity index (χ0n) is 10.6. The summed E-state index contributed by atoms with van der Waals surface area (Å²) in [6, 6.07) is 0. The highest BCUT2D eigenvalue weighted by Gasteiger charge is 2.00. The van der Waals surface area contributed by atoms with Crippen LogP contribution in [0, 0.1) is 0 Å². The van der Waals surface area contributed by atoms with Crippen LogP contribution in [-0.4, -0.2) is 37.9 Å². The minimum atomic E-state index is -0.331. The normalized spacial score (nSPS) is 15.0. The summed E-state index contributed by atoms with van der Waals surface area (Å²) in [5, 5.41) is 15.6. The van der Waals surface area contributed by atoms with Crippen molar-refractivity contribution in [2.24, 2.45) is 0 Å². The van der Waals surface area contributed by atoms with Crippen LogP contribution < -0.4 is 10.6 Å². The fourth-order valence-electron chi connectivity index (χ4n) is 1.42. The van der Waals surface area contributed by atoms with Gasteiger partial charge in [0, 0.05) is 19.6 Å². The average molecular weight is 224 g/mol. The van der Waals surface area contributed by atoms with Crippen molar-refractivity contribution in [3.63, 3.8) is 0 Å². The predicted octanol–water partition coefficient (Wildman–Crippen LogP) is 1.23. The molecule has 3 N–H and O–H groups in total. The summed E-state index contributed by atoms with van der Waals surface area (Å²) < 4.78 is 0. The van der Waals surface area contributed by atoms with Crippen molar-refractivity contribution in [2.45, 2.75) is 20.0 Å². The minimum absolute atomic E-state index is 0.331. The summed E-state index contributed by atoms with van der Waals surface area (Å²) in [4.78, 5) is 0. The average Bonchev–Trinajstić information content (AvgIpc) is 2.18. The first-order chi connectivity index (χ1) is 7.60. The summed E-state index contributed by atoms with van der Waals surface area (Å²) in [6.45, 7) is 9.78. The van der Waals surface area contributed by atoms with Gasteiger partial charge >= 0.3 is 0 Å². The maximum atomic E-state index is 9.46. The Bertz CT molecular complexity index is 257. The smallest absolute Gasteiger partial charge is 0.0788 e. The van der Waals surface area contributed by atoms with E-state index in [1.807, 2.05) is 20.0 Å². The zero-order chi connectivity index (χ0) is 12.4. The van der Waals surface area contributed by atoms with Gasteiger partial charge in [-0.25, -0.2) is 0 Å². The standard InChI is InChI=1S/C13H24N2O/c1-5-6-11(2)7-12(3)8-15-10-13(16)9-14-4/h5-7,13-16H,1,8-10H2,2-4H3/b11-6-,12-7+. The van der Waals surface area contributed by atoms with E-state index in [-0.39, 0.29) is 6.10 Å². The van der Waals surface area contributed by atoms with Crippen LogP contribution in [0.25, 0.3) is 0 Å². The maximum Gasteiger partial charge on any atom is 0.0788 e. The highest BCUT2D eigenvalue weighted by atomic mass is 16.3. The molecule has 1 unspecified atom stereocenters. The molecule has 0 aromatic heterocycles. The lowest BCUT2D eigenvalue weighted by atomic mass is 10.2. The van der Waals surface area contributed by atoms with E-state index in [0.717, 1.165) is 6.54 Å². The van der Waals surface area contributed by atoms with Gasteiger partial charge in [-0.1, -0.05) is 36.0 Å². The molecule has 16 heavy (non-hydrogen) atoms. The van der Waals surface area contributed by atoms with Crippen LogP contribution in [0.5, 0.6) is 0 Å².